The fourth-order valence-corrected chi connectivity index (χ4v) is 10.1. The number of ether oxygens (including phenoxy) is 3. The van der Waals surface area contributed by atoms with Gasteiger partial charge in [-0.25, -0.2) is 22.8 Å². The number of aromatic nitrogens is 5. The quantitative estimate of drug-likeness (QED) is 0.0188. The number of carbonyl (C=O) groups is 1. The molecule has 4 atom stereocenters. The van der Waals surface area contributed by atoms with E-state index in [-0.39, 0.29) is 70.9 Å². The standard InChI is InChI=1S/C47H66N12O7S2/c1-27-20-28(2)38(29(3)21-27)52-42-39(41(53-44(49-12)54-42)50-16-17-65-18-19-66-43(61)31(5)34(47(9,10)11)24-46(6,7)8)55-56-40-32(25-48)26-59(57-40)45-51-35-15-14-33(23-36(35)67-45)68(62,63)58-30(4)22-37(60)64-13/h14-15,20-21,23,26,30-31,34,43,58,61H,16-19,22,24H2,1-13H3,(H3,49,50,52,53,54). The second-order valence-corrected chi connectivity index (χ2v) is 21.9. The van der Waals surface area contributed by atoms with Crippen LogP contribution < -0.4 is 20.7 Å². The molecule has 5 rings (SSSR count). The SMILES string of the molecule is CNc1nc(NCCOCCOC(O)C(C)C(CC(C)(C)C)C(C)(C)C)c(N=Nc2nn(-c3nc4ccc(S(=O)(=O)NC(C)CC(=O)OC)cc4s3)cc2C#N)c(Nc2c(C)cc(C)cc2C)n1. The maximum absolute atomic E-state index is 13.2. The number of nitrogens with zero attached hydrogens (tertiary/aromatic N) is 8. The maximum Gasteiger partial charge on any atom is 0.307 e. The van der Waals surface area contributed by atoms with E-state index in [1.807, 2.05) is 27.7 Å². The molecule has 2 aromatic carbocycles. The molecule has 0 amide bonds. The Balaban J connectivity index is 1.37. The Kier molecular flexibility index (Phi) is 17.8. The van der Waals surface area contributed by atoms with Crippen molar-refractivity contribution in [3.05, 3.63) is 58.8 Å². The molecule has 0 saturated carbocycles. The first-order valence-electron chi connectivity index (χ1n) is 22.4. The number of nitrogens with one attached hydrogen (secondary N) is 4. The van der Waals surface area contributed by atoms with Gasteiger partial charge < -0.3 is 35.3 Å². The molecule has 0 saturated heterocycles. The molecule has 0 fully saturated rings. The van der Waals surface area contributed by atoms with Crippen LogP contribution in [0.4, 0.5) is 34.8 Å². The number of sulfonamides is 1. The number of nitriles is 1. The highest BCUT2D eigenvalue weighted by Gasteiger charge is 2.36. The summed E-state index contributed by atoms with van der Waals surface area (Å²) in [5.41, 5.74) is 4.83. The molecule has 0 spiro atoms. The van der Waals surface area contributed by atoms with Crippen molar-refractivity contribution in [3.8, 4) is 11.2 Å². The van der Waals surface area contributed by atoms with Crippen LogP contribution >= 0.6 is 11.3 Å². The minimum absolute atomic E-state index is 0.00801. The number of hydrogen-bond donors (Lipinski definition) is 5. The fourth-order valence-electron chi connectivity index (χ4n) is 7.81. The molecule has 0 aliphatic heterocycles. The molecule has 3 aromatic heterocycles. The number of aliphatic hydroxyl groups excluding tert-OH is 1. The van der Waals surface area contributed by atoms with E-state index >= 15 is 0 Å². The lowest BCUT2D eigenvalue weighted by Gasteiger charge is -2.41. The molecule has 21 heteroatoms. The highest BCUT2D eigenvalue weighted by Crippen LogP contribution is 2.42. The average Bonchev–Trinajstić information content (AvgIpc) is 3.88. The van der Waals surface area contributed by atoms with Crippen molar-refractivity contribution in [1.82, 2.24) is 29.5 Å². The van der Waals surface area contributed by atoms with Crippen LogP contribution in [0.15, 0.2) is 51.7 Å². The summed E-state index contributed by atoms with van der Waals surface area (Å²) in [6.07, 6.45) is 1.35. The van der Waals surface area contributed by atoms with Crippen molar-refractivity contribution in [1.29, 1.82) is 5.26 Å². The van der Waals surface area contributed by atoms with Crippen molar-refractivity contribution < 1.29 is 32.5 Å². The van der Waals surface area contributed by atoms with Gasteiger partial charge in [0.25, 0.3) is 0 Å². The van der Waals surface area contributed by atoms with Gasteiger partial charge in [-0.05, 0) is 80.2 Å². The first-order valence-corrected chi connectivity index (χ1v) is 24.7. The third-order valence-electron chi connectivity index (χ3n) is 11.1. The summed E-state index contributed by atoms with van der Waals surface area (Å²) in [5, 5.41) is 44.9. The van der Waals surface area contributed by atoms with Crippen LogP contribution in [-0.4, -0.2) is 97.1 Å². The first-order chi connectivity index (χ1) is 31.9. The lowest BCUT2D eigenvalue weighted by atomic mass is 9.67. The lowest BCUT2D eigenvalue weighted by molar-refractivity contribution is -0.162. The van der Waals surface area contributed by atoms with Crippen LogP contribution in [0.1, 0.15) is 90.5 Å². The largest absolute Gasteiger partial charge is 0.469 e. The van der Waals surface area contributed by atoms with Crippen molar-refractivity contribution in [3.63, 3.8) is 0 Å². The van der Waals surface area contributed by atoms with Crippen molar-refractivity contribution in [2.24, 2.45) is 32.9 Å². The van der Waals surface area contributed by atoms with Gasteiger partial charge in [-0.3, -0.25) is 4.79 Å². The topological polar surface area (TPSA) is 252 Å². The Bertz CT molecular complexity index is 2710. The number of rotatable bonds is 22. The van der Waals surface area contributed by atoms with Crippen LogP contribution in [0.2, 0.25) is 0 Å². The number of esters is 1. The zero-order chi connectivity index (χ0) is 50.1. The number of anilines is 4. The Morgan fingerprint density at radius 2 is 1.68 bits per heavy atom. The molecular weight excluding hydrogens is 909 g/mol. The zero-order valence-corrected chi connectivity index (χ0v) is 42.9. The van der Waals surface area contributed by atoms with E-state index in [0.29, 0.717) is 39.5 Å². The van der Waals surface area contributed by atoms with Crippen LogP contribution in [0.3, 0.4) is 0 Å². The summed E-state index contributed by atoms with van der Waals surface area (Å²) in [7, 11) is -1.04. The van der Waals surface area contributed by atoms with E-state index in [1.54, 1.807) is 20.0 Å². The van der Waals surface area contributed by atoms with E-state index in [9.17, 15) is 23.6 Å². The van der Waals surface area contributed by atoms with E-state index in [1.165, 1.54) is 30.1 Å². The molecular formula is C47H66N12O7S2. The Morgan fingerprint density at radius 3 is 2.31 bits per heavy atom. The highest BCUT2D eigenvalue weighted by atomic mass is 32.2. The van der Waals surface area contributed by atoms with Gasteiger partial charge in [0.05, 0.1) is 54.7 Å². The number of carbonyl (C=O) groups excluding carboxylic acids is 1. The minimum atomic E-state index is -3.98. The average molecular weight is 975 g/mol. The van der Waals surface area contributed by atoms with Crippen LogP contribution in [0.25, 0.3) is 15.3 Å². The van der Waals surface area contributed by atoms with Crippen molar-refractivity contribution >= 4 is 72.3 Å². The zero-order valence-electron chi connectivity index (χ0n) is 41.3. The van der Waals surface area contributed by atoms with Gasteiger partial charge in [-0.15, -0.1) is 15.3 Å². The van der Waals surface area contributed by atoms with Gasteiger partial charge in [0.2, 0.25) is 26.9 Å². The summed E-state index contributed by atoms with van der Waals surface area (Å²) < 4.78 is 47.2. The molecule has 5 aromatic rings. The van der Waals surface area contributed by atoms with Crippen LogP contribution in [0, 0.1) is 54.8 Å². The summed E-state index contributed by atoms with van der Waals surface area (Å²) in [6, 6.07) is 10.0. The summed E-state index contributed by atoms with van der Waals surface area (Å²) in [5.74, 6) is 0.558. The fraction of sp³-hybridized carbons (Fsp3) is 0.532. The molecule has 0 aliphatic carbocycles. The Morgan fingerprint density at radius 1 is 0.985 bits per heavy atom. The van der Waals surface area contributed by atoms with Gasteiger partial charge in [-0.2, -0.15) is 15.2 Å². The molecule has 68 heavy (non-hydrogen) atoms. The van der Waals surface area contributed by atoms with Gasteiger partial charge in [0.1, 0.15) is 11.6 Å². The predicted octanol–water partition coefficient (Wildman–Crippen LogP) is 9.00. The normalized spacial score (nSPS) is 14.1. The summed E-state index contributed by atoms with van der Waals surface area (Å²) in [4.78, 5) is 25.7. The third kappa shape index (κ3) is 14.2. The van der Waals surface area contributed by atoms with Crippen molar-refractivity contribution in [2.45, 2.75) is 106 Å². The second-order valence-electron chi connectivity index (χ2n) is 19.2. The Hall–Kier alpha value is -5.63. The monoisotopic (exact) mass is 974 g/mol. The molecule has 19 nitrogen and oxygen atoms in total. The van der Waals surface area contributed by atoms with Gasteiger partial charge >= 0.3 is 5.97 Å². The summed E-state index contributed by atoms with van der Waals surface area (Å²) in [6.45, 7) is 23.9. The smallest absolute Gasteiger partial charge is 0.307 e. The lowest BCUT2D eigenvalue weighted by Crippen LogP contribution is -2.38. The second kappa shape index (κ2) is 22.7. The van der Waals surface area contributed by atoms with Gasteiger partial charge in [-0.1, -0.05) is 77.5 Å². The first kappa shape index (κ1) is 53.3. The predicted molar refractivity (Wildman–Crippen MR) is 265 cm³/mol. The molecule has 4 unspecified atom stereocenters. The number of fused-ring (bicyclic) bond motifs is 1. The molecule has 0 radical (unpaired) electrons. The molecule has 0 bridgehead atoms. The van der Waals surface area contributed by atoms with E-state index in [2.05, 4.69) is 110 Å². The van der Waals surface area contributed by atoms with Crippen LogP contribution in [0.5, 0.6) is 0 Å². The van der Waals surface area contributed by atoms with Gasteiger partial charge in [0.15, 0.2) is 23.6 Å². The number of benzene rings is 2. The molecule has 3 heterocycles. The number of hydrogen-bond acceptors (Lipinski definition) is 18. The van der Waals surface area contributed by atoms with Gasteiger partial charge in [0, 0.05) is 31.2 Å². The van der Waals surface area contributed by atoms with Crippen LogP contribution in [-0.2, 0) is 29.0 Å². The highest BCUT2D eigenvalue weighted by molar-refractivity contribution is 7.89. The maximum atomic E-state index is 13.2. The molecule has 5 N–H and O–H groups in total. The number of aliphatic hydroxyl groups is 1. The van der Waals surface area contributed by atoms with Crippen molar-refractivity contribution in [2.75, 3.05) is 56.5 Å². The number of aryl methyl sites for hydroxylation is 3. The minimum Gasteiger partial charge on any atom is -0.469 e. The third-order valence-corrected chi connectivity index (χ3v) is 13.7. The van der Waals surface area contributed by atoms with E-state index in [0.717, 1.165) is 40.1 Å². The summed E-state index contributed by atoms with van der Waals surface area (Å²) >= 11 is 1.16. The Labute approximate surface area is 403 Å². The molecule has 368 valence electrons. The number of methoxy groups -OCH3 is 1. The number of azo groups is 1. The van der Waals surface area contributed by atoms with E-state index in [4.69, 9.17) is 14.5 Å². The molecule has 0 aliphatic rings. The van der Waals surface area contributed by atoms with E-state index < -0.39 is 28.3 Å². The number of thiazole rings is 1.